The number of amides is 1. The summed E-state index contributed by atoms with van der Waals surface area (Å²) in [6, 6.07) is 19.7. The Kier molecular flexibility index (Phi) is 8.13. The van der Waals surface area contributed by atoms with Gasteiger partial charge in [-0.05, 0) is 76.5 Å². The Balaban J connectivity index is 1.34. The van der Waals surface area contributed by atoms with E-state index in [0.717, 1.165) is 34.4 Å². The standard InChI is InChI=1S/C29H36N2O4/c1-29(2,3)35-28(32)30-26-15-16-27(25-10-6-5-9-24(25)26)34-21-22-11-13-23(14-12-22)33-20-19-31-17-7-4-8-18-31/h5-6,9-16H,4,7-8,17-21H2,1-3H3,(H,30,32). The molecule has 6 heteroatoms. The van der Waals surface area contributed by atoms with E-state index in [1.54, 1.807) is 0 Å². The van der Waals surface area contributed by atoms with Gasteiger partial charge in [0.2, 0.25) is 0 Å². The molecule has 6 nitrogen and oxygen atoms in total. The lowest BCUT2D eigenvalue weighted by atomic mass is 10.1. The molecule has 186 valence electrons. The van der Waals surface area contributed by atoms with Crippen molar-refractivity contribution in [1.82, 2.24) is 4.90 Å². The Morgan fingerprint density at radius 2 is 1.60 bits per heavy atom. The number of carbonyl (C=O) groups excluding carboxylic acids is 1. The number of ether oxygens (including phenoxy) is 3. The molecule has 0 spiro atoms. The molecule has 1 aliphatic heterocycles. The highest BCUT2D eigenvalue weighted by atomic mass is 16.6. The first kappa shape index (κ1) is 24.9. The van der Waals surface area contributed by atoms with Crippen LogP contribution in [0.1, 0.15) is 45.6 Å². The molecule has 0 aromatic heterocycles. The third-order valence-electron chi connectivity index (χ3n) is 5.96. The number of carbonyl (C=O) groups is 1. The summed E-state index contributed by atoms with van der Waals surface area (Å²) in [6.45, 7) is 10.0. The van der Waals surface area contributed by atoms with Crippen LogP contribution in [0.25, 0.3) is 10.8 Å². The summed E-state index contributed by atoms with van der Waals surface area (Å²) in [6.07, 6.45) is 3.47. The lowest BCUT2D eigenvalue weighted by molar-refractivity contribution is 0.0636. The Labute approximate surface area is 208 Å². The average Bonchev–Trinajstić information content (AvgIpc) is 2.84. The van der Waals surface area contributed by atoms with Crippen LogP contribution in [-0.4, -0.2) is 42.8 Å². The summed E-state index contributed by atoms with van der Waals surface area (Å²) in [5.41, 5.74) is 1.19. The van der Waals surface area contributed by atoms with Crippen molar-refractivity contribution in [1.29, 1.82) is 0 Å². The van der Waals surface area contributed by atoms with Crippen molar-refractivity contribution in [2.45, 2.75) is 52.2 Å². The van der Waals surface area contributed by atoms with Gasteiger partial charge in [-0.25, -0.2) is 4.79 Å². The van der Waals surface area contributed by atoms with Crippen LogP contribution in [0.3, 0.4) is 0 Å². The first-order chi connectivity index (χ1) is 16.9. The van der Waals surface area contributed by atoms with Crippen LogP contribution in [0.2, 0.25) is 0 Å². The van der Waals surface area contributed by atoms with Crippen molar-refractivity contribution in [3.05, 3.63) is 66.2 Å². The number of benzene rings is 3. The fraction of sp³-hybridized carbons (Fsp3) is 0.414. The lowest BCUT2D eigenvalue weighted by Gasteiger charge is -2.26. The van der Waals surface area contributed by atoms with E-state index in [9.17, 15) is 4.79 Å². The van der Waals surface area contributed by atoms with Gasteiger partial charge in [-0.15, -0.1) is 0 Å². The predicted octanol–water partition coefficient (Wildman–Crippen LogP) is 6.63. The quantitative estimate of drug-likeness (QED) is 0.395. The Bertz CT molecular complexity index is 1120. The van der Waals surface area contributed by atoms with Gasteiger partial charge in [0.15, 0.2) is 0 Å². The van der Waals surface area contributed by atoms with Crippen LogP contribution in [0.4, 0.5) is 10.5 Å². The van der Waals surface area contributed by atoms with Crippen molar-refractivity contribution in [2.24, 2.45) is 0 Å². The van der Waals surface area contributed by atoms with E-state index in [1.165, 1.54) is 32.4 Å². The van der Waals surface area contributed by atoms with Crippen molar-refractivity contribution in [3.63, 3.8) is 0 Å². The summed E-state index contributed by atoms with van der Waals surface area (Å²) in [4.78, 5) is 14.7. The molecule has 1 heterocycles. The van der Waals surface area contributed by atoms with E-state index in [-0.39, 0.29) is 0 Å². The summed E-state index contributed by atoms with van der Waals surface area (Å²) in [7, 11) is 0. The fourth-order valence-electron chi connectivity index (χ4n) is 4.24. The highest BCUT2D eigenvalue weighted by Gasteiger charge is 2.17. The fourth-order valence-corrected chi connectivity index (χ4v) is 4.24. The highest BCUT2D eigenvalue weighted by molar-refractivity contribution is 6.02. The third kappa shape index (κ3) is 7.36. The van der Waals surface area contributed by atoms with E-state index in [0.29, 0.717) is 18.9 Å². The summed E-state index contributed by atoms with van der Waals surface area (Å²) >= 11 is 0. The molecule has 3 aromatic carbocycles. The smallest absolute Gasteiger partial charge is 0.412 e. The number of nitrogens with zero attached hydrogens (tertiary/aromatic N) is 1. The second-order valence-electron chi connectivity index (χ2n) is 9.97. The van der Waals surface area contributed by atoms with E-state index in [1.807, 2.05) is 81.4 Å². The van der Waals surface area contributed by atoms with E-state index < -0.39 is 11.7 Å². The number of anilines is 1. The molecule has 0 atom stereocenters. The molecule has 1 saturated heterocycles. The molecular weight excluding hydrogens is 440 g/mol. The Morgan fingerprint density at radius 3 is 2.31 bits per heavy atom. The maximum absolute atomic E-state index is 12.3. The Morgan fingerprint density at radius 1 is 0.886 bits per heavy atom. The third-order valence-corrected chi connectivity index (χ3v) is 5.96. The molecular formula is C29H36N2O4. The van der Waals surface area contributed by atoms with Gasteiger partial charge in [0.05, 0.1) is 5.69 Å². The molecule has 0 unspecified atom stereocenters. The largest absolute Gasteiger partial charge is 0.492 e. The van der Waals surface area contributed by atoms with Crippen LogP contribution < -0.4 is 14.8 Å². The molecule has 1 amide bonds. The lowest BCUT2D eigenvalue weighted by Crippen LogP contribution is -2.33. The normalized spacial score (nSPS) is 14.5. The summed E-state index contributed by atoms with van der Waals surface area (Å²) < 4.78 is 17.5. The van der Waals surface area contributed by atoms with Crippen LogP contribution in [-0.2, 0) is 11.3 Å². The minimum absolute atomic E-state index is 0.441. The van der Waals surface area contributed by atoms with Crippen molar-refractivity contribution in [3.8, 4) is 11.5 Å². The summed E-state index contributed by atoms with van der Waals surface area (Å²) in [5.74, 6) is 1.64. The van der Waals surface area contributed by atoms with Crippen LogP contribution >= 0.6 is 0 Å². The van der Waals surface area contributed by atoms with Gasteiger partial charge < -0.3 is 14.2 Å². The minimum atomic E-state index is -0.559. The number of hydrogen-bond donors (Lipinski definition) is 1. The first-order valence-corrected chi connectivity index (χ1v) is 12.5. The maximum Gasteiger partial charge on any atom is 0.412 e. The molecule has 1 aliphatic rings. The van der Waals surface area contributed by atoms with Crippen molar-refractivity contribution >= 4 is 22.6 Å². The van der Waals surface area contributed by atoms with E-state index in [4.69, 9.17) is 14.2 Å². The van der Waals surface area contributed by atoms with Gasteiger partial charge >= 0.3 is 6.09 Å². The molecule has 0 aliphatic carbocycles. The second-order valence-corrected chi connectivity index (χ2v) is 9.97. The van der Waals surface area contributed by atoms with Gasteiger partial charge in [-0.1, -0.05) is 42.8 Å². The van der Waals surface area contributed by atoms with Crippen molar-refractivity contribution in [2.75, 3.05) is 31.6 Å². The van der Waals surface area contributed by atoms with Crippen LogP contribution in [0.5, 0.6) is 11.5 Å². The number of rotatable bonds is 8. The topological polar surface area (TPSA) is 60.0 Å². The molecule has 3 aromatic rings. The summed E-state index contributed by atoms with van der Waals surface area (Å²) in [5, 5.41) is 4.68. The van der Waals surface area contributed by atoms with E-state index >= 15 is 0 Å². The van der Waals surface area contributed by atoms with Gasteiger partial charge in [-0.2, -0.15) is 0 Å². The zero-order chi connectivity index (χ0) is 24.7. The van der Waals surface area contributed by atoms with Gasteiger partial charge in [0.1, 0.15) is 30.3 Å². The number of hydrogen-bond acceptors (Lipinski definition) is 5. The number of nitrogens with one attached hydrogen (secondary N) is 1. The molecule has 1 fully saturated rings. The molecule has 0 saturated carbocycles. The predicted molar refractivity (Wildman–Crippen MR) is 140 cm³/mol. The molecule has 35 heavy (non-hydrogen) atoms. The first-order valence-electron chi connectivity index (χ1n) is 12.5. The monoisotopic (exact) mass is 476 g/mol. The molecule has 4 rings (SSSR count). The Hall–Kier alpha value is -3.25. The highest BCUT2D eigenvalue weighted by Crippen LogP contribution is 2.32. The number of likely N-dealkylation sites (tertiary alicyclic amines) is 1. The average molecular weight is 477 g/mol. The number of piperidine rings is 1. The van der Waals surface area contributed by atoms with E-state index in [2.05, 4.69) is 10.2 Å². The van der Waals surface area contributed by atoms with Gasteiger partial charge in [0.25, 0.3) is 0 Å². The SMILES string of the molecule is CC(C)(C)OC(=O)Nc1ccc(OCc2ccc(OCCN3CCCCC3)cc2)c2ccccc12. The maximum atomic E-state index is 12.3. The van der Waals surface area contributed by atoms with Crippen LogP contribution in [0, 0.1) is 0 Å². The van der Waals surface area contributed by atoms with Gasteiger partial charge in [-0.3, -0.25) is 10.2 Å². The number of fused-ring (bicyclic) bond motifs is 1. The minimum Gasteiger partial charge on any atom is -0.492 e. The molecule has 0 bridgehead atoms. The molecule has 0 radical (unpaired) electrons. The zero-order valence-corrected chi connectivity index (χ0v) is 21.0. The van der Waals surface area contributed by atoms with Crippen molar-refractivity contribution < 1.29 is 19.0 Å². The zero-order valence-electron chi connectivity index (χ0n) is 21.0. The van der Waals surface area contributed by atoms with Crippen LogP contribution in [0.15, 0.2) is 60.7 Å². The second kappa shape index (κ2) is 11.5. The molecule has 1 N–H and O–H groups in total. The van der Waals surface area contributed by atoms with Gasteiger partial charge in [0, 0.05) is 17.3 Å².